The van der Waals surface area contributed by atoms with Crippen LogP contribution < -0.4 is 5.73 Å². The molecule has 0 fully saturated rings. The molecule has 0 aliphatic rings. The molecule has 0 saturated heterocycles. The van der Waals surface area contributed by atoms with Crippen molar-refractivity contribution in [2.75, 3.05) is 0 Å². The summed E-state index contributed by atoms with van der Waals surface area (Å²) in [5.74, 6) is -0.259. The molecule has 2 rings (SSSR count). The van der Waals surface area contributed by atoms with Crippen LogP contribution >= 0.6 is 0 Å². The Labute approximate surface area is 106 Å². The minimum Gasteiger partial charge on any atom is -0.321 e. The monoisotopic (exact) mass is 247 g/mol. The van der Waals surface area contributed by atoms with Crippen LogP contribution in [0, 0.1) is 12.7 Å². The molecular formula is C14H18FN3. The molecule has 0 amide bonds. The number of nitrogens with two attached hydrogens (primary N) is 1. The smallest absolute Gasteiger partial charge is 0.123 e. The fourth-order valence-corrected chi connectivity index (χ4v) is 2.15. The van der Waals surface area contributed by atoms with Gasteiger partial charge in [-0.05, 0) is 37.6 Å². The van der Waals surface area contributed by atoms with Crippen LogP contribution in [0.25, 0.3) is 0 Å². The molecule has 1 atom stereocenters. The summed E-state index contributed by atoms with van der Waals surface area (Å²) in [5.41, 5.74) is 8.50. The Morgan fingerprint density at radius 1 is 1.39 bits per heavy atom. The van der Waals surface area contributed by atoms with Gasteiger partial charge in [0.1, 0.15) is 5.82 Å². The number of halogens is 1. The van der Waals surface area contributed by atoms with Crippen LogP contribution in [-0.4, -0.2) is 9.78 Å². The topological polar surface area (TPSA) is 43.8 Å². The zero-order valence-electron chi connectivity index (χ0n) is 10.9. The number of nitrogens with zero attached hydrogens (tertiary/aromatic N) is 2. The highest BCUT2D eigenvalue weighted by Crippen LogP contribution is 2.23. The number of hydrogen-bond acceptors (Lipinski definition) is 2. The number of benzene rings is 1. The normalized spacial score (nSPS) is 14.5. The highest BCUT2D eigenvalue weighted by atomic mass is 19.1. The van der Waals surface area contributed by atoms with Crippen molar-refractivity contribution in [2.45, 2.75) is 25.8 Å². The van der Waals surface area contributed by atoms with Crippen molar-refractivity contribution in [2.24, 2.45) is 12.8 Å². The standard InChI is InChI=1S/C14H18FN3/c1-10-7-13(18(3)17-10)9-14(2,16)11-5-4-6-12(15)8-11/h4-8H,9,16H2,1-3H3. The first kappa shape index (κ1) is 12.8. The van der Waals surface area contributed by atoms with Gasteiger partial charge in [-0.1, -0.05) is 12.1 Å². The molecule has 18 heavy (non-hydrogen) atoms. The molecule has 0 aliphatic carbocycles. The Morgan fingerprint density at radius 2 is 2.11 bits per heavy atom. The number of rotatable bonds is 3. The summed E-state index contributed by atoms with van der Waals surface area (Å²) in [6.45, 7) is 3.85. The number of aryl methyl sites for hydroxylation is 2. The van der Waals surface area contributed by atoms with Gasteiger partial charge in [0.25, 0.3) is 0 Å². The molecule has 4 heteroatoms. The van der Waals surface area contributed by atoms with Crippen LogP contribution in [0.2, 0.25) is 0 Å². The maximum atomic E-state index is 13.2. The van der Waals surface area contributed by atoms with Gasteiger partial charge >= 0.3 is 0 Å². The first-order valence-electron chi connectivity index (χ1n) is 5.93. The predicted octanol–water partition coefficient (Wildman–Crippen LogP) is 2.28. The van der Waals surface area contributed by atoms with Gasteiger partial charge in [-0.3, -0.25) is 4.68 Å². The Bertz CT molecular complexity index is 558. The maximum Gasteiger partial charge on any atom is 0.123 e. The molecule has 2 aromatic rings. The summed E-state index contributed by atoms with van der Waals surface area (Å²) < 4.78 is 15.1. The van der Waals surface area contributed by atoms with E-state index in [1.54, 1.807) is 6.07 Å². The summed E-state index contributed by atoms with van der Waals surface area (Å²) in [6.07, 6.45) is 0.619. The lowest BCUT2D eigenvalue weighted by Crippen LogP contribution is -2.36. The van der Waals surface area contributed by atoms with Crippen molar-refractivity contribution in [3.63, 3.8) is 0 Å². The second kappa shape index (κ2) is 4.53. The van der Waals surface area contributed by atoms with Crippen molar-refractivity contribution in [3.8, 4) is 0 Å². The summed E-state index contributed by atoms with van der Waals surface area (Å²) in [6, 6.07) is 8.46. The zero-order valence-corrected chi connectivity index (χ0v) is 10.9. The predicted molar refractivity (Wildman–Crippen MR) is 69.6 cm³/mol. The molecular weight excluding hydrogens is 229 g/mol. The molecule has 96 valence electrons. The second-order valence-electron chi connectivity index (χ2n) is 5.01. The van der Waals surface area contributed by atoms with Gasteiger partial charge in [0.05, 0.1) is 5.69 Å². The van der Waals surface area contributed by atoms with E-state index in [1.807, 2.05) is 37.7 Å². The van der Waals surface area contributed by atoms with Crippen molar-refractivity contribution in [3.05, 3.63) is 53.1 Å². The second-order valence-corrected chi connectivity index (χ2v) is 5.01. The highest BCUT2D eigenvalue weighted by molar-refractivity contribution is 5.26. The fraction of sp³-hybridized carbons (Fsp3) is 0.357. The third-order valence-corrected chi connectivity index (χ3v) is 3.13. The fourth-order valence-electron chi connectivity index (χ4n) is 2.15. The largest absolute Gasteiger partial charge is 0.321 e. The minimum absolute atomic E-state index is 0.259. The molecule has 2 N–H and O–H groups in total. The molecule has 1 aromatic carbocycles. The first-order chi connectivity index (χ1) is 8.38. The minimum atomic E-state index is -0.609. The summed E-state index contributed by atoms with van der Waals surface area (Å²) in [4.78, 5) is 0. The van der Waals surface area contributed by atoms with Gasteiger partial charge in [-0.15, -0.1) is 0 Å². The summed E-state index contributed by atoms with van der Waals surface area (Å²) in [7, 11) is 1.89. The van der Waals surface area contributed by atoms with E-state index >= 15 is 0 Å². The van der Waals surface area contributed by atoms with Crippen LogP contribution in [0.4, 0.5) is 4.39 Å². The van der Waals surface area contributed by atoms with Gasteiger partial charge < -0.3 is 5.73 Å². The molecule has 0 radical (unpaired) electrons. The number of aromatic nitrogens is 2. The molecule has 1 aromatic heterocycles. The van der Waals surface area contributed by atoms with Gasteiger partial charge in [0.2, 0.25) is 0 Å². The van der Waals surface area contributed by atoms with Gasteiger partial charge in [-0.25, -0.2) is 4.39 Å². The molecule has 0 aliphatic heterocycles. The zero-order chi connectivity index (χ0) is 13.3. The molecule has 3 nitrogen and oxygen atoms in total. The van der Waals surface area contributed by atoms with E-state index in [0.717, 1.165) is 17.0 Å². The van der Waals surface area contributed by atoms with Crippen molar-refractivity contribution < 1.29 is 4.39 Å². The number of hydrogen-bond donors (Lipinski definition) is 1. The van der Waals surface area contributed by atoms with E-state index in [-0.39, 0.29) is 5.82 Å². The third kappa shape index (κ3) is 2.59. The van der Waals surface area contributed by atoms with Crippen LogP contribution in [0.15, 0.2) is 30.3 Å². The van der Waals surface area contributed by atoms with Crippen molar-refractivity contribution >= 4 is 0 Å². The van der Waals surface area contributed by atoms with Gasteiger partial charge in [0, 0.05) is 24.7 Å². The Morgan fingerprint density at radius 3 is 2.67 bits per heavy atom. The van der Waals surface area contributed by atoms with E-state index in [9.17, 15) is 4.39 Å². The van der Waals surface area contributed by atoms with Crippen molar-refractivity contribution in [1.82, 2.24) is 9.78 Å². The summed E-state index contributed by atoms with van der Waals surface area (Å²) >= 11 is 0. The summed E-state index contributed by atoms with van der Waals surface area (Å²) in [5, 5.41) is 4.29. The van der Waals surface area contributed by atoms with E-state index in [2.05, 4.69) is 5.10 Å². The molecule has 0 spiro atoms. The van der Waals surface area contributed by atoms with E-state index in [4.69, 9.17) is 5.73 Å². The van der Waals surface area contributed by atoms with Crippen LogP contribution in [0.5, 0.6) is 0 Å². The van der Waals surface area contributed by atoms with Gasteiger partial charge in [-0.2, -0.15) is 5.10 Å². The maximum absolute atomic E-state index is 13.2. The lowest BCUT2D eigenvalue weighted by Gasteiger charge is -2.25. The van der Waals surface area contributed by atoms with Crippen LogP contribution in [-0.2, 0) is 19.0 Å². The van der Waals surface area contributed by atoms with Crippen LogP contribution in [0.1, 0.15) is 23.9 Å². The Balaban J connectivity index is 2.29. The Hall–Kier alpha value is -1.68. The Kier molecular flexibility index (Phi) is 3.22. The molecule has 1 heterocycles. The molecule has 1 unspecified atom stereocenters. The first-order valence-corrected chi connectivity index (χ1v) is 5.93. The third-order valence-electron chi connectivity index (χ3n) is 3.13. The lowest BCUT2D eigenvalue weighted by atomic mass is 9.88. The molecule has 0 bridgehead atoms. The van der Waals surface area contributed by atoms with E-state index in [1.165, 1.54) is 12.1 Å². The SMILES string of the molecule is Cc1cc(CC(C)(N)c2cccc(F)c2)n(C)n1. The van der Waals surface area contributed by atoms with Crippen molar-refractivity contribution in [1.29, 1.82) is 0 Å². The highest BCUT2D eigenvalue weighted by Gasteiger charge is 2.23. The average molecular weight is 247 g/mol. The molecule has 0 saturated carbocycles. The quantitative estimate of drug-likeness (QED) is 0.904. The average Bonchev–Trinajstić information content (AvgIpc) is 2.56. The van der Waals surface area contributed by atoms with E-state index < -0.39 is 5.54 Å². The lowest BCUT2D eigenvalue weighted by molar-refractivity contribution is 0.468. The van der Waals surface area contributed by atoms with Gasteiger partial charge in [0.15, 0.2) is 0 Å². The van der Waals surface area contributed by atoms with Crippen LogP contribution in [0.3, 0.4) is 0 Å². The van der Waals surface area contributed by atoms with E-state index in [0.29, 0.717) is 6.42 Å².